The lowest BCUT2D eigenvalue weighted by Gasteiger charge is -2.53. The molecule has 3 fully saturated rings. The van der Waals surface area contributed by atoms with Gasteiger partial charge in [-0.3, -0.25) is 4.57 Å². The highest BCUT2D eigenvalue weighted by Crippen LogP contribution is 2.55. The number of fused-ring (bicyclic) bond motifs is 2. The fourth-order valence-electron chi connectivity index (χ4n) is 7.25. The van der Waals surface area contributed by atoms with E-state index in [0.29, 0.717) is 42.2 Å². The molecule has 3 atom stereocenters. The van der Waals surface area contributed by atoms with Gasteiger partial charge in [0.25, 0.3) is 0 Å². The summed E-state index contributed by atoms with van der Waals surface area (Å²) < 4.78 is 47.4. The lowest BCUT2D eigenvalue weighted by molar-refractivity contribution is -0.0660. The summed E-state index contributed by atoms with van der Waals surface area (Å²) in [4.78, 5) is 9.92. The Kier molecular flexibility index (Phi) is 10.3. The van der Waals surface area contributed by atoms with Crippen LogP contribution in [0.25, 0.3) is 22.4 Å². The molecule has 0 spiro atoms. The standard InChI is InChI=1S/C37H57BClN3O7Si2/c1-34(2,3)51(35(4,5)6)45-22-28-31(47-51)29(21-44-28)46-33-41-32-27(42(33)23-43-18-19-50(11,12)13)20-26(39)30(40-32)24-14-16-25(17-15-24)38-48-36(7,8)37(9,10)49-38/h14-17,20,28-29,31H,18-19,21-23H2,1-13H3/t28-,29-,31-/m1/s1. The van der Waals surface area contributed by atoms with Crippen LogP contribution in [0.15, 0.2) is 30.3 Å². The van der Waals surface area contributed by atoms with Crippen LogP contribution in [0.1, 0.15) is 69.2 Å². The van der Waals surface area contributed by atoms with E-state index in [4.69, 9.17) is 53.9 Å². The van der Waals surface area contributed by atoms with Gasteiger partial charge in [-0.15, -0.1) is 0 Å². The summed E-state index contributed by atoms with van der Waals surface area (Å²) in [5.41, 5.74) is 2.83. The van der Waals surface area contributed by atoms with Gasteiger partial charge >= 0.3 is 21.7 Å². The minimum atomic E-state index is -2.75. The van der Waals surface area contributed by atoms with Crippen molar-refractivity contribution in [1.29, 1.82) is 0 Å². The molecule has 280 valence electrons. The highest BCUT2D eigenvalue weighted by Gasteiger charge is 2.64. The van der Waals surface area contributed by atoms with Gasteiger partial charge in [0.15, 0.2) is 11.8 Å². The van der Waals surface area contributed by atoms with Gasteiger partial charge in [-0.05, 0) is 45.3 Å². The van der Waals surface area contributed by atoms with Gasteiger partial charge in [-0.1, -0.05) is 97.0 Å². The Labute approximate surface area is 311 Å². The summed E-state index contributed by atoms with van der Waals surface area (Å²) in [6.45, 7) is 30.3. The van der Waals surface area contributed by atoms with Crippen molar-refractivity contribution < 1.29 is 32.4 Å². The Balaban J connectivity index is 1.30. The van der Waals surface area contributed by atoms with E-state index in [9.17, 15) is 0 Å². The SMILES string of the molecule is CC1(C)OB(c2ccc(-c3nc4nc(O[C@@H]5CO[C@@H]6CO[Si](C(C)(C)C)(C(C)(C)C)O[C@H]65)n(COCC[Si](C)(C)C)c4cc3Cl)cc2)OC1(C)C. The van der Waals surface area contributed by atoms with E-state index in [2.05, 4.69) is 88.9 Å². The van der Waals surface area contributed by atoms with Crippen LogP contribution >= 0.6 is 11.6 Å². The number of benzene rings is 1. The minimum absolute atomic E-state index is 0.166. The van der Waals surface area contributed by atoms with Crippen molar-refractivity contribution in [2.75, 3.05) is 19.8 Å². The molecular formula is C37H57BClN3O7Si2. The Bertz CT molecular complexity index is 1700. The van der Waals surface area contributed by atoms with Crippen LogP contribution < -0.4 is 10.2 Å². The van der Waals surface area contributed by atoms with E-state index < -0.39 is 35.0 Å². The number of halogens is 1. The smallest absolute Gasteiger partial charge is 0.456 e. The maximum Gasteiger partial charge on any atom is 0.494 e. The second-order valence-electron chi connectivity index (χ2n) is 18.6. The molecule has 3 aliphatic heterocycles. The number of imidazole rings is 1. The molecule has 0 saturated carbocycles. The number of nitrogens with zero attached hydrogens (tertiary/aromatic N) is 3. The molecule has 0 aliphatic carbocycles. The van der Waals surface area contributed by atoms with Crippen molar-refractivity contribution >= 4 is 52.0 Å². The third-order valence-corrected chi connectivity index (χ3v) is 17.9. The summed E-state index contributed by atoms with van der Waals surface area (Å²) in [6, 6.07) is 11.3. The van der Waals surface area contributed by atoms with Crippen LogP contribution in [0.2, 0.25) is 40.8 Å². The van der Waals surface area contributed by atoms with E-state index in [1.54, 1.807) is 0 Å². The predicted octanol–water partition coefficient (Wildman–Crippen LogP) is 7.97. The number of ether oxygens (including phenoxy) is 3. The van der Waals surface area contributed by atoms with Crippen molar-refractivity contribution in [1.82, 2.24) is 14.5 Å². The molecule has 0 bridgehead atoms. The first-order valence-corrected chi connectivity index (χ1v) is 24.1. The largest absolute Gasteiger partial charge is 0.494 e. The van der Waals surface area contributed by atoms with Gasteiger partial charge in [0.1, 0.15) is 18.9 Å². The molecule has 0 unspecified atom stereocenters. The summed E-state index contributed by atoms with van der Waals surface area (Å²) in [5.74, 6) is 0. The van der Waals surface area contributed by atoms with E-state index in [0.717, 1.165) is 22.6 Å². The van der Waals surface area contributed by atoms with Gasteiger partial charge in [0.2, 0.25) is 0 Å². The second-order valence-corrected chi connectivity index (χ2v) is 29.4. The molecule has 3 saturated heterocycles. The highest BCUT2D eigenvalue weighted by molar-refractivity contribution is 6.76. The quantitative estimate of drug-likeness (QED) is 0.159. The Morgan fingerprint density at radius 1 is 0.961 bits per heavy atom. The number of hydrogen-bond donors (Lipinski definition) is 0. The molecule has 6 rings (SSSR count). The van der Waals surface area contributed by atoms with Gasteiger partial charge in [0.05, 0.1) is 40.6 Å². The summed E-state index contributed by atoms with van der Waals surface area (Å²) in [7, 11) is -4.50. The lowest BCUT2D eigenvalue weighted by Crippen LogP contribution is -2.65. The van der Waals surface area contributed by atoms with E-state index in [-0.39, 0.29) is 35.1 Å². The van der Waals surface area contributed by atoms with Gasteiger partial charge in [0, 0.05) is 30.3 Å². The molecule has 2 aromatic heterocycles. The maximum atomic E-state index is 7.08. The molecule has 1 aromatic carbocycles. The van der Waals surface area contributed by atoms with Crippen molar-refractivity contribution in [3.05, 3.63) is 35.4 Å². The third-order valence-electron chi connectivity index (χ3n) is 10.8. The molecule has 0 radical (unpaired) electrons. The van der Waals surface area contributed by atoms with Crippen LogP contribution in [0.4, 0.5) is 0 Å². The van der Waals surface area contributed by atoms with E-state index >= 15 is 0 Å². The first-order chi connectivity index (χ1) is 23.5. The molecule has 0 N–H and O–H groups in total. The first-order valence-electron chi connectivity index (χ1n) is 18.2. The third kappa shape index (κ3) is 7.49. The van der Waals surface area contributed by atoms with Crippen LogP contribution in [0.3, 0.4) is 0 Å². The van der Waals surface area contributed by atoms with Crippen LogP contribution in [-0.4, -0.2) is 87.6 Å². The molecule has 51 heavy (non-hydrogen) atoms. The van der Waals surface area contributed by atoms with Crippen molar-refractivity contribution in [2.45, 2.75) is 141 Å². The summed E-state index contributed by atoms with van der Waals surface area (Å²) in [6.07, 6.45) is -0.893. The molecule has 3 aliphatic rings. The molecule has 10 nitrogen and oxygen atoms in total. The number of hydrogen-bond acceptors (Lipinski definition) is 9. The summed E-state index contributed by atoms with van der Waals surface area (Å²) >= 11 is 6.98. The van der Waals surface area contributed by atoms with Crippen LogP contribution in [0, 0.1) is 0 Å². The minimum Gasteiger partial charge on any atom is -0.456 e. The topological polar surface area (TPSA) is 95.3 Å². The average molecular weight is 758 g/mol. The monoisotopic (exact) mass is 757 g/mol. The van der Waals surface area contributed by atoms with Crippen molar-refractivity contribution in [3.8, 4) is 17.3 Å². The second kappa shape index (κ2) is 13.5. The van der Waals surface area contributed by atoms with Gasteiger partial charge in [-0.25, -0.2) is 4.98 Å². The number of rotatable bonds is 9. The predicted molar refractivity (Wildman–Crippen MR) is 208 cm³/mol. The zero-order valence-corrected chi connectivity index (χ0v) is 35.6. The normalized spacial score (nSPS) is 24.7. The van der Waals surface area contributed by atoms with Crippen molar-refractivity contribution in [2.24, 2.45) is 0 Å². The lowest BCUT2D eigenvalue weighted by atomic mass is 9.79. The fourth-order valence-corrected chi connectivity index (χ4v) is 13.2. The van der Waals surface area contributed by atoms with Crippen LogP contribution in [0.5, 0.6) is 6.01 Å². The van der Waals surface area contributed by atoms with Crippen molar-refractivity contribution in [3.63, 3.8) is 0 Å². The van der Waals surface area contributed by atoms with Gasteiger partial charge < -0.3 is 32.4 Å². The van der Waals surface area contributed by atoms with Crippen LogP contribution in [-0.2, 0) is 34.4 Å². The molecule has 3 aromatic rings. The number of pyridine rings is 1. The molecule has 0 amide bonds. The number of aromatic nitrogens is 3. The summed E-state index contributed by atoms with van der Waals surface area (Å²) in [5, 5.41) is 0.171. The van der Waals surface area contributed by atoms with E-state index in [1.807, 2.05) is 34.9 Å². The molecule has 5 heterocycles. The highest BCUT2D eigenvalue weighted by atomic mass is 35.5. The van der Waals surface area contributed by atoms with E-state index in [1.165, 1.54) is 0 Å². The zero-order chi connectivity index (χ0) is 37.4. The molecule has 14 heteroatoms. The Morgan fingerprint density at radius 3 is 2.18 bits per heavy atom. The zero-order valence-electron chi connectivity index (χ0n) is 32.8. The average Bonchev–Trinajstić information content (AvgIpc) is 3.63. The maximum absolute atomic E-state index is 7.08. The Hall–Kier alpha value is -1.81. The Morgan fingerprint density at radius 2 is 1.59 bits per heavy atom. The van der Waals surface area contributed by atoms with Gasteiger partial charge in [-0.2, -0.15) is 4.98 Å². The first kappa shape index (κ1) is 38.9. The molecular weight excluding hydrogens is 701 g/mol. The fraction of sp³-hybridized carbons (Fsp3) is 0.676.